The number of aryl methyl sites for hydroxylation is 1. The molecule has 1 saturated heterocycles. The van der Waals surface area contributed by atoms with Crippen LogP contribution in [0.25, 0.3) is 0 Å². The fraction of sp³-hybridized carbons (Fsp3) is 0.300. The molecule has 26 heavy (non-hydrogen) atoms. The second-order valence-corrected chi connectivity index (χ2v) is 6.92. The van der Waals surface area contributed by atoms with E-state index >= 15 is 0 Å². The number of benzene rings is 2. The van der Waals surface area contributed by atoms with E-state index < -0.39 is 5.82 Å². The fourth-order valence-corrected chi connectivity index (χ4v) is 3.32. The summed E-state index contributed by atoms with van der Waals surface area (Å²) in [6, 6.07) is 11.4. The van der Waals surface area contributed by atoms with Gasteiger partial charge in [-0.3, -0.25) is 9.59 Å². The van der Waals surface area contributed by atoms with Gasteiger partial charge in [-0.15, -0.1) is 0 Å². The second-order valence-electron chi connectivity index (χ2n) is 6.48. The summed E-state index contributed by atoms with van der Waals surface area (Å²) < 4.78 is 13.9. The average Bonchev–Trinajstić information content (AvgIpc) is 2.64. The van der Waals surface area contributed by atoms with Crippen molar-refractivity contribution in [3.05, 3.63) is 70.0 Å². The average molecular weight is 375 g/mol. The van der Waals surface area contributed by atoms with Crippen molar-refractivity contribution in [1.29, 1.82) is 0 Å². The topological polar surface area (TPSA) is 49.4 Å². The van der Waals surface area contributed by atoms with Crippen molar-refractivity contribution < 1.29 is 14.0 Å². The number of hydrogen-bond acceptors (Lipinski definition) is 2. The Hall–Kier alpha value is -2.40. The molecular formula is C20H20ClFN2O2. The third kappa shape index (κ3) is 4.05. The molecule has 0 bridgehead atoms. The Bertz CT molecular complexity index is 832. The van der Waals surface area contributed by atoms with Gasteiger partial charge >= 0.3 is 0 Å². The molecule has 1 N–H and O–H groups in total. The predicted molar refractivity (Wildman–Crippen MR) is 99.0 cm³/mol. The molecule has 0 saturated carbocycles. The Kier molecular flexibility index (Phi) is 5.57. The van der Waals surface area contributed by atoms with Crippen LogP contribution in [0.1, 0.15) is 39.1 Å². The lowest BCUT2D eigenvalue weighted by molar-refractivity contribution is 0.0693. The molecule has 3 rings (SSSR count). The zero-order valence-corrected chi connectivity index (χ0v) is 15.2. The van der Waals surface area contributed by atoms with Gasteiger partial charge in [-0.1, -0.05) is 29.8 Å². The number of hydrogen-bond donors (Lipinski definition) is 1. The lowest BCUT2D eigenvalue weighted by Crippen LogP contribution is -2.46. The van der Waals surface area contributed by atoms with Crippen molar-refractivity contribution in [2.75, 3.05) is 13.1 Å². The summed E-state index contributed by atoms with van der Waals surface area (Å²) in [6.45, 7) is 2.82. The first-order valence-corrected chi connectivity index (χ1v) is 8.94. The fourth-order valence-electron chi connectivity index (χ4n) is 3.15. The van der Waals surface area contributed by atoms with Crippen LogP contribution in [0.5, 0.6) is 0 Å². The van der Waals surface area contributed by atoms with E-state index in [1.54, 1.807) is 11.0 Å². The highest BCUT2D eigenvalue weighted by Gasteiger charge is 2.26. The zero-order valence-electron chi connectivity index (χ0n) is 14.5. The summed E-state index contributed by atoms with van der Waals surface area (Å²) in [5, 5.41) is 3.35. The molecule has 0 radical (unpaired) electrons. The Balaban J connectivity index is 1.59. The maximum absolute atomic E-state index is 13.9. The van der Waals surface area contributed by atoms with E-state index in [0.29, 0.717) is 36.5 Å². The monoisotopic (exact) mass is 374 g/mol. The van der Waals surface area contributed by atoms with E-state index in [1.807, 2.05) is 25.1 Å². The van der Waals surface area contributed by atoms with Gasteiger partial charge < -0.3 is 10.2 Å². The minimum atomic E-state index is -0.575. The van der Waals surface area contributed by atoms with Gasteiger partial charge in [-0.05, 0) is 49.6 Å². The van der Waals surface area contributed by atoms with E-state index in [2.05, 4.69) is 5.32 Å². The number of likely N-dealkylation sites (tertiary alicyclic amines) is 1. The first-order chi connectivity index (χ1) is 12.5. The highest BCUT2D eigenvalue weighted by molar-refractivity contribution is 6.31. The lowest BCUT2D eigenvalue weighted by Gasteiger charge is -2.32. The summed E-state index contributed by atoms with van der Waals surface area (Å²) in [5.74, 6) is -1.04. The molecule has 0 unspecified atom stereocenters. The third-order valence-corrected chi connectivity index (χ3v) is 4.90. The molecule has 1 heterocycles. The van der Waals surface area contributed by atoms with Gasteiger partial charge in [0, 0.05) is 29.7 Å². The first-order valence-electron chi connectivity index (χ1n) is 8.56. The standard InChI is InChI=1S/C20H20ClFN2O2/c1-13-4-2-3-5-16(13)19(25)23-15-8-10-24(11-9-15)20(26)17-12-14(21)6-7-18(17)22/h2-7,12,15H,8-11H2,1H3,(H,23,25). The molecule has 0 spiro atoms. The number of nitrogens with zero attached hydrogens (tertiary/aromatic N) is 1. The van der Waals surface area contributed by atoms with Crippen molar-refractivity contribution >= 4 is 23.4 Å². The highest BCUT2D eigenvalue weighted by Crippen LogP contribution is 2.20. The molecule has 2 aromatic rings. The van der Waals surface area contributed by atoms with Gasteiger partial charge in [0.1, 0.15) is 5.82 Å². The van der Waals surface area contributed by atoms with Crippen molar-refractivity contribution in [1.82, 2.24) is 10.2 Å². The van der Waals surface area contributed by atoms with Crippen LogP contribution in [-0.2, 0) is 0 Å². The number of carbonyl (C=O) groups excluding carboxylic acids is 2. The molecular weight excluding hydrogens is 355 g/mol. The van der Waals surface area contributed by atoms with Gasteiger partial charge in [0.25, 0.3) is 11.8 Å². The van der Waals surface area contributed by atoms with Crippen molar-refractivity contribution in [3.8, 4) is 0 Å². The van der Waals surface area contributed by atoms with Crippen molar-refractivity contribution in [2.24, 2.45) is 0 Å². The van der Waals surface area contributed by atoms with E-state index in [4.69, 9.17) is 11.6 Å². The molecule has 6 heteroatoms. The van der Waals surface area contributed by atoms with Crippen LogP contribution in [0.4, 0.5) is 4.39 Å². The zero-order chi connectivity index (χ0) is 18.7. The van der Waals surface area contributed by atoms with Crippen LogP contribution in [-0.4, -0.2) is 35.8 Å². The summed E-state index contributed by atoms with van der Waals surface area (Å²) in [4.78, 5) is 26.5. The van der Waals surface area contributed by atoms with Gasteiger partial charge in [0.2, 0.25) is 0 Å². The first kappa shape index (κ1) is 18.4. The molecule has 1 aliphatic rings. The predicted octanol–water partition coefficient (Wildman–Crippen LogP) is 3.82. The summed E-state index contributed by atoms with van der Waals surface area (Å²) in [6.07, 6.45) is 1.26. The number of carbonyl (C=O) groups is 2. The van der Waals surface area contributed by atoms with Gasteiger partial charge in [-0.2, -0.15) is 0 Å². The number of halogens is 2. The van der Waals surface area contributed by atoms with Crippen LogP contribution < -0.4 is 5.32 Å². The third-order valence-electron chi connectivity index (χ3n) is 4.67. The van der Waals surface area contributed by atoms with Crippen molar-refractivity contribution in [2.45, 2.75) is 25.8 Å². The smallest absolute Gasteiger partial charge is 0.256 e. The summed E-state index contributed by atoms with van der Waals surface area (Å²) >= 11 is 5.87. The maximum Gasteiger partial charge on any atom is 0.256 e. The summed E-state index contributed by atoms with van der Waals surface area (Å²) in [5.41, 5.74) is 1.57. The normalized spacial score (nSPS) is 15.0. The van der Waals surface area contributed by atoms with Gasteiger partial charge in [0.05, 0.1) is 5.56 Å². The van der Waals surface area contributed by atoms with Gasteiger partial charge in [0.15, 0.2) is 0 Å². The molecule has 4 nitrogen and oxygen atoms in total. The van der Waals surface area contributed by atoms with E-state index in [1.165, 1.54) is 18.2 Å². The minimum Gasteiger partial charge on any atom is -0.349 e. The molecule has 0 aliphatic carbocycles. The van der Waals surface area contributed by atoms with Crippen LogP contribution in [0.2, 0.25) is 5.02 Å². The number of amides is 2. The van der Waals surface area contributed by atoms with Gasteiger partial charge in [-0.25, -0.2) is 4.39 Å². The molecule has 2 aromatic carbocycles. The van der Waals surface area contributed by atoms with E-state index in [0.717, 1.165) is 5.56 Å². The SMILES string of the molecule is Cc1ccccc1C(=O)NC1CCN(C(=O)c2cc(Cl)ccc2F)CC1. The quantitative estimate of drug-likeness (QED) is 0.887. The molecule has 136 valence electrons. The van der Waals surface area contributed by atoms with E-state index in [9.17, 15) is 14.0 Å². The Morgan fingerprint density at radius 1 is 1.12 bits per heavy atom. The lowest BCUT2D eigenvalue weighted by atomic mass is 10.0. The number of nitrogens with one attached hydrogen (secondary N) is 1. The number of piperidine rings is 1. The maximum atomic E-state index is 13.9. The Labute approximate surface area is 157 Å². The van der Waals surface area contributed by atoms with Crippen molar-refractivity contribution in [3.63, 3.8) is 0 Å². The van der Waals surface area contributed by atoms with Crippen LogP contribution >= 0.6 is 11.6 Å². The van der Waals surface area contributed by atoms with Crippen LogP contribution in [0.3, 0.4) is 0 Å². The molecule has 1 fully saturated rings. The minimum absolute atomic E-state index is 0.00429. The van der Waals surface area contributed by atoms with Crippen LogP contribution in [0.15, 0.2) is 42.5 Å². The molecule has 0 atom stereocenters. The summed E-state index contributed by atoms with van der Waals surface area (Å²) in [7, 11) is 0. The number of rotatable bonds is 3. The van der Waals surface area contributed by atoms with E-state index in [-0.39, 0.29) is 23.4 Å². The molecule has 2 amide bonds. The highest BCUT2D eigenvalue weighted by atomic mass is 35.5. The Morgan fingerprint density at radius 3 is 2.50 bits per heavy atom. The Morgan fingerprint density at radius 2 is 1.81 bits per heavy atom. The van der Waals surface area contributed by atoms with Crippen LogP contribution in [0, 0.1) is 12.7 Å². The second kappa shape index (κ2) is 7.87. The molecule has 1 aliphatic heterocycles. The molecule has 0 aromatic heterocycles. The largest absolute Gasteiger partial charge is 0.349 e.